The third kappa shape index (κ3) is 12.7. The van der Waals surface area contributed by atoms with E-state index < -0.39 is 0 Å². The minimum absolute atomic E-state index is 0.0871. The van der Waals surface area contributed by atoms with Gasteiger partial charge in [-0.05, 0) is 51.4 Å². The summed E-state index contributed by atoms with van der Waals surface area (Å²) in [6.07, 6.45) is 3.81. The third-order valence-electron chi connectivity index (χ3n) is 3.50. The first-order valence-electron chi connectivity index (χ1n) is 8.59. The smallest absolute Gasteiger partial charge is 0.306 e. The Morgan fingerprint density at radius 2 is 0.955 bits per heavy atom. The Labute approximate surface area is 135 Å². The lowest BCUT2D eigenvalue weighted by Crippen LogP contribution is -2.19. The van der Waals surface area contributed by atoms with Gasteiger partial charge in [0.05, 0.1) is 25.0 Å². The van der Waals surface area contributed by atoms with E-state index in [1.807, 2.05) is 13.8 Å². The van der Waals surface area contributed by atoms with Gasteiger partial charge in [-0.1, -0.05) is 27.7 Å². The Balaban J connectivity index is 3.82. The van der Waals surface area contributed by atoms with E-state index in [2.05, 4.69) is 27.7 Å². The predicted octanol–water partition coefficient (Wildman–Crippen LogP) is 4.50. The molecule has 0 saturated heterocycles. The monoisotopic (exact) mass is 314 g/mol. The van der Waals surface area contributed by atoms with E-state index in [0.717, 1.165) is 25.7 Å². The van der Waals surface area contributed by atoms with Crippen LogP contribution in [0.25, 0.3) is 0 Å². The molecule has 0 aromatic carbocycles. The molecule has 2 unspecified atom stereocenters. The van der Waals surface area contributed by atoms with Crippen molar-refractivity contribution in [2.75, 3.05) is 0 Å². The molecular formula is C18H34O4. The van der Waals surface area contributed by atoms with Crippen molar-refractivity contribution in [3.8, 4) is 0 Å². The third-order valence-corrected chi connectivity index (χ3v) is 3.50. The molecule has 0 aromatic rings. The number of hydrogen-bond acceptors (Lipinski definition) is 4. The van der Waals surface area contributed by atoms with Gasteiger partial charge in [0.15, 0.2) is 0 Å². The normalized spacial score (nSPS) is 14.0. The molecule has 0 rings (SSSR count). The summed E-state index contributed by atoms with van der Waals surface area (Å²) >= 11 is 0. The highest BCUT2D eigenvalue weighted by atomic mass is 16.5. The largest absolute Gasteiger partial charge is 0.463 e. The Hall–Kier alpha value is -1.06. The average molecular weight is 314 g/mol. The summed E-state index contributed by atoms with van der Waals surface area (Å²) in [7, 11) is 0. The molecule has 22 heavy (non-hydrogen) atoms. The van der Waals surface area contributed by atoms with Crippen LogP contribution in [0.15, 0.2) is 0 Å². The molecule has 2 atom stereocenters. The fourth-order valence-corrected chi connectivity index (χ4v) is 2.02. The number of ether oxygens (including phenoxy) is 2. The number of esters is 2. The zero-order chi connectivity index (χ0) is 17.1. The van der Waals surface area contributed by atoms with Crippen LogP contribution in [0.5, 0.6) is 0 Å². The molecule has 4 nitrogen and oxygen atoms in total. The summed E-state index contributed by atoms with van der Waals surface area (Å²) in [5.74, 6) is 0.568. The van der Waals surface area contributed by atoms with Crippen molar-refractivity contribution in [1.29, 1.82) is 0 Å². The first-order valence-corrected chi connectivity index (χ1v) is 8.59. The van der Waals surface area contributed by atoms with Crippen LogP contribution in [0.1, 0.15) is 80.1 Å². The van der Waals surface area contributed by atoms with Crippen LogP contribution in [-0.4, -0.2) is 24.1 Å². The van der Waals surface area contributed by atoms with Crippen molar-refractivity contribution >= 4 is 11.9 Å². The lowest BCUT2D eigenvalue weighted by atomic mass is 10.1. The number of carbonyl (C=O) groups is 2. The van der Waals surface area contributed by atoms with Gasteiger partial charge in [-0.15, -0.1) is 0 Å². The highest BCUT2D eigenvalue weighted by Crippen LogP contribution is 2.12. The first kappa shape index (κ1) is 20.9. The lowest BCUT2D eigenvalue weighted by molar-refractivity contribution is -0.155. The molecule has 0 amide bonds. The van der Waals surface area contributed by atoms with Gasteiger partial charge in [0.25, 0.3) is 0 Å². The molecule has 4 heteroatoms. The fourth-order valence-electron chi connectivity index (χ4n) is 2.02. The number of rotatable bonds is 11. The van der Waals surface area contributed by atoms with Crippen LogP contribution in [0, 0.1) is 11.8 Å². The van der Waals surface area contributed by atoms with E-state index in [9.17, 15) is 9.59 Å². The van der Waals surface area contributed by atoms with E-state index in [0.29, 0.717) is 11.8 Å². The van der Waals surface area contributed by atoms with Gasteiger partial charge in [-0.3, -0.25) is 9.59 Å². The standard InChI is InChI=1S/C18H34O4/c1-13(2)7-9-15(5)21-17(19)11-12-18(20)22-16(6)10-8-14(3)4/h13-16H,7-12H2,1-6H3. The quantitative estimate of drug-likeness (QED) is 0.527. The van der Waals surface area contributed by atoms with Gasteiger partial charge in [-0.2, -0.15) is 0 Å². The Morgan fingerprint density at radius 3 is 1.23 bits per heavy atom. The maximum Gasteiger partial charge on any atom is 0.306 e. The van der Waals surface area contributed by atoms with Crippen LogP contribution < -0.4 is 0 Å². The first-order chi connectivity index (χ1) is 10.2. The Morgan fingerprint density at radius 1 is 0.636 bits per heavy atom. The lowest BCUT2D eigenvalue weighted by Gasteiger charge is -2.15. The van der Waals surface area contributed by atoms with Gasteiger partial charge in [0.1, 0.15) is 0 Å². The Kier molecular flexibility index (Phi) is 10.9. The molecule has 0 heterocycles. The average Bonchev–Trinajstić information content (AvgIpc) is 2.40. The van der Waals surface area contributed by atoms with Crippen molar-refractivity contribution < 1.29 is 19.1 Å². The SMILES string of the molecule is CC(C)CCC(C)OC(=O)CCC(=O)OC(C)CCC(C)C. The summed E-state index contributed by atoms with van der Waals surface area (Å²) in [4.78, 5) is 23.3. The summed E-state index contributed by atoms with van der Waals surface area (Å²) in [5, 5.41) is 0. The highest BCUT2D eigenvalue weighted by Gasteiger charge is 2.15. The highest BCUT2D eigenvalue weighted by molar-refractivity contribution is 5.77. The van der Waals surface area contributed by atoms with Crippen molar-refractivity contribution in [1.82, 2.24) is 0 Å². The molecule has 0 bridgehead atoms. The minimum Gasteiger partial charge on any atom is -0.463 e. The molecular weight excluding hydrogens is 280 g/mol. The summed E-state index contributed by atoms with van der Waals surface area (Å²) < 4.78 is 10.6. The summed E-state index contributed by atoms with van der Waals surface area (Å²) in [5.41, 5.74) is 0. The molecule has 0 aromatic heterocycles. The molecule has 0 saturated carbocycles. The molecule has 0 radical (unpaired) electrons. The van der Waals surface area contributed by atoms with Crippen LogP contribution >= 0.6 is 0 Å². The molecule has 0 fully saturated rings. The van der Waals surface area contributed by atoms with Gasteiger partial charge in [-0.25, -0.2) is 0 Å². The number of carbonyl (C=O) groups excluding carboxylic acids is 2. The van der Waals surface area contributed by atoms with Crippen molar-refractivity contribution in [2.24, 2.45) is 11.8 Å². The predicted molar refractivity (Wildman–Crippen MR) is 88.5 cm³/mol. The van der Waals surface area contributed by atoms with Gasteiger partial charge < -0.3 is 9.47 Å². The van der Waals surface area contributed by atoms with E-state index in [-0.39, 0.29) is 37.0 Å². The van der Waals surface area contributed by atoms with E-state index in [1.165, 1.54) is 0 Å². The summed E-state index contributed by atoms with van der Waals surface area (Å²) in [6, 6.07) is 0. The van der Waals surface area contributed by atoms with Crippen LogP contribution in [0.3, 0.4) is 0 Å². The molecule has 130 valence electrons. The second-order valence-electron chi connectivity index (χ2n) is 7.04. The number of hydrogen-bond donors (Lipinski definition) is 0. The second-order valence-corrected chi connectivity index (χ2v) is 7.04. The van der Waals surface area contributed by atoms with E-state index in [4.69, 9.17) is 9.47 Å². The van der Waals surface area contributed by atoms with Crippen LogP contribution in [-0.2, 0) is 19.1 Å². The van der Waals surface area contributed by atoms with Crippen molar-refractivity contribution in [3.05, 3.63) is 0 Å². The van der Waals surface area contributed by atoms with Crippen molar-refractivity contribution in [2.45, 2.75) is 92.3 Å². The maximum absolute atomic E-state index is 11.7. The molecule has 0 aliphatic carbocycles. The van der Waals surface area contributed by atoms with E-state index in [1.54, 1.807) is 0 Å². The topological polar surface area (TPSA) is 52.6 Å². The summed E-state index contributed by atoms with van der Waals surface area (Å²) in [6.45, 7) is 12.4. The molecule has 0 N–H and O–H groups in total. The van der Waals surface area contributed by atoms with Gasteiger partial charge >= 0.3 is 11.9 Å². The van der Waals surface area contributed by atoms with Crippen LogP contribution in [0.2, 0.25) is 0 Å². The zero-order valence-corrected chi connectivity index (χ0v) is 15.2. The second kappa shape index (κ2) is 11.5. The maximum atomic E-state index is 11.7. The fraction of sp³-hybridized carbons (Fsp3) is 0.889. The molecule has 0 spiro atoms. The molecule has 0 aliphatic heterocycles. The molecule has 0 aliphatic rings. The van der Waals surface area contributed by atoms with E-state index >= 15 is 0 Å². The minimum atomic E-state index is -0.317. The van der Waals surface area contributed by atoms with Crippen molar-refractivity contribution in [3.63, 3.8) is 0 Å². The Bertz CT molecular complexity index is 291. The zero-order valence-electron chi connectivity index (χ0n) is 15.2. The van der Waals surface area contributed by atoms with Crippen LogP contribution in [0.4, 0.5) is 0 Å². The van der Waals surface area contributed by atoms with Gasteiger partial charge in [0.2, 0.25) is 0 Å². The van der Waals surface area contributed by atoms with Gasteiger partial charge in [0, 0.05) is 0 Å².